The first-order valence-corrected chi connectivity index (χ1v) is 5.80. The van der Waals surface area contributed by atoms with Gasteiger partial charge in [-0.1, -0.05) is 6.07 Å². The molecule has 1 amide bonds. The SMILES string of the molecule is COC(=O)OC[C@@H]1Cc2ccc([N+](=O)[O-])cc2C(=O)N1. The van der Waals surface area contributed by atoms with E-state index in [-0.39, 0.29) is 23.9 Å². The van der Waals surface area contributed by atoms with E-state index in [1.165, 1.54) is 25.3 Å². The monoisotopic (exact) mass is 280 g/mol. The number of nitro benzene ring substituents is 1. The van der Waals surface area contributed by atoms with Gasteiger partial charge in [-0.3, -0.25) is 14.9 Å². The molecule has 1 atom stereocenters. The highest BCUT2D eigenvalue weighted by molar-refractivity contribution is 5.97. The predicted octanol–water partition coefficient (Wildman–Crippen LogP) is 1.03. The van der Waals surface area contributed by atoms with Crippen LogP contribution in [-0.4, -0.2) is 36.7 Å². The number of fused-ring (bicyclic) bond motifs is 1. The van der Waals surface area contributed by atoms with Crippen LogP contribution in [0.2, 0.25) is 0 Å². The van der Waals surface area contributed by atoms with Crippen LogP contribution in [0.1, 0.15) is 15.9 Å². The fourth-order valence-corrected chi connectivity index (χ4v) is 1.98. The number of non-ortho nitro benzene ring substituents is 1. The van der Waals surface area contributed by atoms with Crippen LogP contribution in [0, 0.1) is 10.1 Å². The number of amides is 1. The van der Waals surface area contributed by atoms with Crippen LogP contribution >= 0.6 is 0 Å². The lowest BCUT2D eigenvalue weighted by Gasteiger charge is -2.24. The molecule has 0 fully saturated rings. The molecule has 1 aliphatic heterocycles. The molecule has 0 saturated carbocycles. The molecule has 0 aromatic heterocycles. The lowest BCUT2D eigenvalue weighted by molar-refractivity contribution is -0.384. The van der Waals surface area contributed by atoms with Gasteiger partial charge in [0.2, 0.25) is 0 Å². The number of nitrogens with one attached hydrogen (secondary N) is 1. The van der Waals surface area contributed by atoms with Crippen molar-refractivity contribution < 1.29 is 24.0 Å². The molecule has 8 heteroatoms. The second-order valence-corrected chi connectivity index (χ2v) is 4.24. The van der Waals surface area contributed by atoms with Crippen molar-refractivity contribution in [1.82, 2.24) is 5.32 Å². The number of nitro groups is 1. The van der Waals surface area contributed by atoms with E-state index >= 15 is 0 Å². The van der Waals surface area contributed by atoms with Crippen LogP contribution < -0.4 is 5.32 Å². The number of carbonyl (C=O) groups excluding carboxylic acids is 2. The standard InChI is InChI=1S/C12H12N2O6/c1-19-12(16)20-6-8-4-7-2-3-9(14(17)18)5-10(7)11(15)13-8/h2-3,5,8H,4,6H2,1H3,(H,13,15)/t8-/m0/s1. The molecule has 0 aliphatic carbocycles. The van der Waals surface area contributed by atoms with E-state index in [9.17, 15) is 19.7 Å². The molecule has 0 unspecified atom stereocenters. The highest BCUT2D eigenvalue weighted by Crippen LogP contribution is 2.22. The van der Waals surface area contributed by atoms with Crippen LogP contribution in [0.3, 0.4) is 0 Å². The predicted molar refractivity (Wildman–Crippen MR) is 66.4 cm³/mol. The van der Waals surface area contributed by atoms with Crippen molar-refractivity contribution in [2.75, 3.05) is 13.7 Å². The molecule has 1 aromatic carbocycles. The molecule has 0 radical (unpaired) electrons. The van der Waals surface area contributed by atoms with Gasteiger partial charge in [0.15, 0.2) is 0 Å². The number of methoxy groups -OCH3 is 1. The van der Waals surface area contributed by atoms with Gasteiger partial charge in [-0.25, -0.2) is 4.79 Å². The first-order valence-electron chi connectivity index (χ1n) is 5.80. The lowest BCUT2D eigenvalue weighted by Crippen LogP contribution is -2.44. The fourth-order valence-electron chi connectivity index (χ4n) is 1.98. The van der Waals surface area contributed by atoms with E-state index in [4.69, 9.17) is 4.74 Å². The van der Waals surface area contributed by atoms with Crippen molar-refractivity contribution >= 4 is 17.7 Å². The molecule has 0 bridgehead atoms. The zero-order valence-electron chi connectivity index (χ0n) is 10.6. The summed E-state index contributed by atoms with van der Waals surface area (Å²) in [6.07, 6.45) is -0.399. The number of hydrogen-bond donors (Lipinski definition) is 1. The summed E-state index contributed by atoms with van der Waals surface area (Å²) in [7, 11) is 1.19. The van der Waals surface area contributed by atoms with Crippen LogP contribution in [0.5, 0.6) is 0 Å². The van der Waals surface area contributed by atoms with Gasteiger partial charge < -0.3 is 14.8 Å². The number of benzene rings is 1. The van der Waals surface area contributed by atoms with Crippen molar-refractivity contribution in [3.63, 3.8) is 0 Å². The van der Waals surface area contributed by atoms with Crippen molar-refractivity contribution in [3.8, 4) is 0 Å². The second kappa shape index (κ2) is 5.55. The minimum Gasteiger partial charge on any atom is -0.438 e. The smallest absolute Gasteiger partial charge is 0.438 e. The first kappa shape index (κ1) is 13.8. The molecule has 8 nitrogen and oxygen atoms in total. The van der Waals surface area contributed by atoms with E-state index in [1.807, 2.05) is 0 Å². The first-order chi connectivity index (χ1) is 9.51. The second-order valence-electron chi connectivity index (χ2n) is 4.24. The Hall–Kier alpha value is -2.64. The Kier molecular flexibility index (Phi) is 3.83. The Morgan fingerprint density at radius 3 is 2.95 bits per heavy atom. The number of ether oxygens (including phenoxy) is 2. The molecule has 2 rings (SSSR count). The Bertz CT molecular complexity index is 571. The normalized spacial score (nSPS) is 16.9. The molecule has 0 spiro atoms. The average molecular weight is 280 g/mol. The van der Waals surface area contributed by atoms with Crippen molar-refractivity contribution in [3.05, 3.63) is 39.4 Å². The third kappa shape index (κ3) is 2.85. The summed E-state index contributed by atoms with van der Waals surface area (Å²) in [6.45, 7) is -0.0190. The lowest BCUT2D eigenvalue weighted by atomic mass is 9.95. The van der Waals surface area contributed by atoms with Gasteiger partial charge in [0.25, 0.3) is 11.6 Å². The van der Waals surface area contributed by atoms with Gasteiger partial charge in [0.05, 0.1) is 18.1 Å². The summed E-state index contributed by atoms with van der Waals surface area (Å²) in [4.78, 5) is 32.9. The summed E-state index contributed by atoms with van der Waals surface area (Å²) < 4.78 is 9.10. The van der Waals surface area contributed by atoms with Gasteiger partial charge in [-0.15, -0.1) is 0 Å². The summed E-state index contributed by atoms with van der Waals surface area (Å²) in [5.41, 5.74) is 0.814. The molecular weight excluding hydrogens is 268 g/mol. The minimum absolute atomic E-state index is 0.0190. The van der Waals surface area contributed by atoms with E-state index in [1.54, 1.807) is 0 Å². The van der Waals surface area contributed by atoms with Gasteiger partial charge in [0, 0.05) is 17.7 Å². The molecule has 20 heavy (non-hydrogen) atoms. The largest absolute Gasteiger partial charge is 0.508 e. The highest BCUT2D eigenvalue weighted by atomic mass is 16.7. The maximum Gasteiger partial charge on any atom is 0.508 e. The zero-order valence-corrected chi connectivity index (χ0v) is 10.6. The maximum absolute atomic E-state index is 11.9. The van der Waals surface area contributed by atoms with E-state index in [0.29, 0.717) is 12.0 Å². The van der Waals surface area contributed by atoms with Crippen molar-refractivity contribution in [1.29, 1.82) is 0 Å². The Morgan fingerprint density at radius 1 is 1.55 bits per heavy atom. The van der Waals surface area contributed by atoms with E-state index in [2.05, 4.69) is 10.1 Å². The third-order valence-electron chi connectivity index (χ3n) is 2.92. The fraction of sp³-hybridized carbons (Fsp3) is 0.333. The topological polar surface area (TPSA) is 108 Å². The number of rotatable bonds is 3. The van der Waals surface area contributed by atoms with Crippen LogP contribution in [-0.2, 0) is 15.9 Å². The van der Waals surface area contributed by atoms with Crippen LogP contribution in [0.25, 0.3) is 0 Å². The summed E-state index contributed by atoms with van der Waals surface area (Å²) >= 11 is 0. The Balaban J connectivity index is 2.12. The number of carbonyl (C=O) groups is 2. The minimum atomic E-state index is -0.825. The molecule has 1 aliphatic rings. The summed E-state index contributed by atoms with van der Waals surface area (Å²) in [5, 5.41) is 13.3. The Labute approximate surface area is 113 Å². The number of nitrogens with zero attached hydrogens (tertiary/aromatic N) is 1. The Morgan fingerprint density at radius 2 is 2.30 bits per heavy atom. The molecule has 0 saturated heterocycles. The molecular formula is C12H12N2O6. The van der Waals surface area contributed by atoms with Gasteiger partial charge in [0.1, 0.15) is 6.61 Å². The highest BCUT2D eigenvalue weighted by Gasteiger charge is 2.27. The maximum atomic E-state index is 11.9. The number of hydrogen-bond acceptors (Lipinski definition) is 6. The third-order valence-corrected chi connectivity index (χ3v) is 2.92. The van der Waals surface area contributed by atoms with Crippen LogP contribution in [0.15, 0.2) is 18.2 Å². The zero-order chi connectivity index (χ0) is 14.7. The molecule has 1 heterocycles. The summed E-state index contributed by atoms with van der Waals surface area (Å²) in [6, 6.07) is 3.74. The van der Waals surface area contributed by atoms with Crippen molar-refractivity contribution in [2.24, 2.45) is 0 Å². The van der Waals surface area contributed by atoms with Gasteiger partial charge in [-0.05, 0) is 12.0 Å². The molecule has 1 N–H and O–H groups in total. The van der Waals surface area contributed by atoms with Gasteiger partial charge >= 0.3 is 6.16 Å². The summed E-state index contributed by atoms with van der Waals surface area (Å²) in [5.74, 6) is -0.423. The van der Waals surface area contributed by atoms with Crippen molar-refractivity contribution in [2.45, 2.75) is 12.5 Å². The molecule has 106 valence electrons. The van der Waals surface area contributed by atoms with E-state index in [0.717, 1.165) is 0 Å². The van der Waals surface area contributed by atoms with Gasteiger partial charge in [-0.2, -0.15) is 0 Å². The quantitative estimate of drug-likeness (QED) is 0.503. The molecule has 1 aromatic rings. The van der Waals surface area contributed by atoms with Crippen LogP contribution in [0.4, 0.5) is 10.5 Å². The average Bonchev–Trinajstić information content (AvgIpc) is 2.44. The van der Waals surface area contributed by atoms with E-state index < -0.39 is 17.0 Å².